The van der Waals surface area contributed by atoms with E-state index in [1.807, 2.05) is 67.6 Å². The Morgan fingerprint density at radius 2 is 1.52 bits per heavy atom. The van der Waals surface area contributed by atoms with Gasteiger partial charge in [0.05, 0.1) is 41.5 Å². The molecule has 18 atom stereocenters. The Labute approximate surface area is 325 Å². The molecule has 0 bridgehead atoms. The SMILES string of the molecule is CC[C@H]1OC(=O)[C@H](C)[C@@H](O[C@H]2C[C@@](C)(OC)[C@@H](O)[C@H](C)O2)[C@H](C)[C@@H](O[C@@H]2O[C@H](C)C[C@H](N(C)C)[C@H]2O)[C@](C)(OC)C[C@@H](C)CN(C)[C@H](C)[C@@H](OC)[C@]1(C)O. The van der Waals surface area contributed by atoms with Crippen LogP contribution in [0.2, 0.25) is 0 Å². The zero-order valence-corrected chi connectivity index (χ0v) is 36.1. The molecule has 3 heterocycles. The predicted molar refractivity (Wildman–Crippen MR) is 204 cm³/mol. The summed E-state index contributed by atoms with van der Waals surface area (Å²) in [5.41, 5.74) is -3.51. The monoisotopic (exact) mass is 777 g/mol. The molecule has 54 heavy (non-hydrogen) atoms. The van der Waals surface area contributed by atoms with Crippen LogP contribution in [0.3, 0.4) is 0 Å². The number of likely N-dealkylation sites (N-methyl/N-ethyl adjacent to an activating group) is 2. The molecule has 0 spiro atoms. The summed E-state index contributed by atoms with van der Waals surface area (Å²) in [4.78, 5) is 18.6. The Kier molecular flexibility index (Phi) is 16.8. The van der Waals surface area contributed by atoms with Gasteiger partial charge in [0.25, 0.3) is 0 Å². The second-order valence-corrected chi connectivity index (χ2v) is 17.5. The van der Waals surface area contributed by atoms with Gasteiger partial charge >= 0.3 is 5.97 Å². The Hall–Kier alpha value is -1.01. The van der Waals surface area contributed by atoms with E-state index in [1.54, 1.807) is 42.1 Å². The Bertz CT molecular complexity index is 1180. The lowest BCUT2D eigenvalue weighted by Crippen LogP contribution is -2.61. The Morgan fingerprint density at radius 1 is 0.907 bits per heavy atom. The molecule has 3 N–H and O–H groups in total. The van der Waals surface area contributed by atoms with Crippen molar-refractivity contribution in [1.82, 2.24) is 9.80 Å². The van der Waals surface area contributed by atoms with E-state index in [1.165, 1.54) is 0 Å². The first-order valence-electron chi connectivity index (χ1n) is 19.9. The van der Waals surface area contributed by atoms with Crippen LogP contribution < -0.4 is 0 Å². The van der Waals surface area contributed by atoms with Crippen molar-refractivity contribution < 1.29 is 58.0 Å². The van der Waals surface area contributed by atoms with E-state index in [2.05, 4.69) is 11.8 Å². The van der Waals surface area contributed by atoms with Crippen LogP contribution in [0.25, 0.3) is 0 Å². The molecule has 3 aliphatic heterocycles. The number of cyclic esters (lactones) is 1. The van der Waals surface area contributed by atoms with E-state index < -0.39 is 89.9 Å². The number of ether oxygens (including phenoxy) is 8. The van der Waals surface area contributed by atoms with Gasteiger partial charge in [-0.2, -0.15) is 0 Å². The predicted octanol–water partition coefficient (Wildman–Crippen LogP) is 3.21. The van der Waals surface area contributed by atoms with Gasteiger partial charge in [0.1, 0.15) is 30.0 Å². The molecular formula is C40H76N2O12. The highest BCUT2D eigenvalue weighted by molar-refractivity contribution is 5.73. The molecular weight excluding hydrogens is 700 g/mol. The number of esters is 1. The average molecular weight is 777 g/mol. The van der Waals surface area contributed by atoms with E-state index in [4.69, 9.17) is 37.9 Å². The maximum Gasteiger partial charge on any atom is 0.311 e. The summed E-state index contributed by atoms with van der Waals surface area (Å²) in [6.07, 6.45) is -6.24. The largest absolute Gasteiger partial charge is 0.459 e. The van der Waals surface area contributed by atoms with Gasteiger partial charge in [-0.15, -0.1) is 0 Å². The Morgan fingerprint density at radius 3 is 2.06 bits per heavy atom. The van der Waals surface area contributed by atoms with Gasteiger partial charge in [0, 0.05) is 52.3 Å². The molecule has 0 unspecified atom stereocenters. The summed E-state index contributed by atoms with van der Waals surface area (Å²) < 4.78 is 50.8. The fraction of sp³-hybridized carbons (Fsp3) is 0.975. The van der Waals surface area contributed by atoms with Crippen molar-refractivity contribution in [2.24, 2.45) is 17.8 Å². The number of aliphatic hydroxyl groups excluding tert-OH is 2. The van der Waals surface area contributed by atoms with Crippen molar-refractivity contribution in [2.45, 2.75) is 185 Å². The van der Waals surface area contributed by atoms with Gasteiger partial charge in [0.2, 0.25) is 0 Å². The fourth-order valence-electron chi connectivity index (χ4n) is 9.33. The van der Waals surface area contributed by atoms with Crippen LogP contribution >= 0.6 is 0 Å². The van der Waals surface area contributed by atoms with Crippen molar-refractivity contribution in [1.29, 1.82) is 0 Å². The normalized spacial score (nSPS) is 48.2. The summed E-state index contributed by atoms with van der Waals surface area (Å²) in [7, 11) is 10.6. The van der Waals surface area contributed by atoms with Gasteiger partial charge in [-0.05, 0) is 94.8 Å². The quantitative estimate of drug-likeness (QED) is 0.293. The van der Waals surface area contributed by atoms with Crippen molar-refractivity contribution in [3.05, 3.63) is 0 Å². The fourth-order valence-corrected chi connectivity index (χ4v) is 9.33. The number of carbonyl (C=O) groups excluding carboxylic acids is 1. The number of aliphatic hydroxyl groups is 3. The van der Waals surface area contributed by atoms with Crippen LogP contribution in [-0.4, -0.2) is 170 Å². The average Bonchev–Trinajstić information content (AvgIpc) is 3.10. The first-order chi connectivity index (χ1) is 25.0. The lowest BCUT2D eigenvalue weighted by molar-refractivity contribution is -0.319. The highest BCUT2D eigenvalue weighted by Gasteiger charge is 2.53. The van der Waals surface area contributed by atoms with Crippen LogP contribution in [-0.2, 0) is 42.7 Å². The maximum atomic E-state index is 14.4. The Balaban J connectivity index is 2.23. The maximum absolute atomic E-state index is 14.4. The molecule has 0 saturated carbocycles. The van der Waals surface area contributed by atoms with E-state index in [0.29, 0.717) is 25.8 Å². The topological polar surface area (TPSA) is 158 Å². The van der Waals surface area contributed by atoms with Crippen molar-refractivity contribution in [3.8, 4) is 0 Å². The van der Waals surface area contributed by atoms with E-state index >= 15 is 0 Å². The minimum Gasteiger partial charge on any atom is -0.459 e. The molecule has 14 nitrogen and oxygen atoms in total. The molecule has 3 rings (SSSR count). The first kappa shape index (κ1) is 47.4. The van der Waals surface area contributed by atoms with Crippen LogP contribution in [0.1, 0.15) is 94.9 Å². The molecule has 0 aliphatic carbocycles. The molecule has 0 amide bonds. The number of rotatable bonds is 9. The van der Waals surface area contributed by atoms with Crippen LogP contribution in [0.4, 0.5) is 0 Å². The molecule has 0 radical (unpaired) electrons. The zero-order chi connectivity index (χ0) is 41.1. The number of nitrogens with zero attached hydrogens (tertiary/aromatic N) is 2. The van der Waals surface area contributed by atoms with E-state index in [-0.39, 0.29) is 30.5 Å². The smallest absolute Gasteiger partial charge is 0.311 e. The van der Waals surface area contributed by atoms with Crippen molar-refractivity contribution >= 4 is 5.97 Å². The van der Waals surface area contributed by atoms with Crippen LogP contribution in [0.15, 0.2) is 0 Å². The summed E-state index contributed by atoms with van der Waals surface area (Å²) in [6, 6.07) is -0.479. The van der Waals surface area contributed by atoms with Crippen molar-refractivity contribution in [3.63, 3.8) is 0 Å². The first-order valence-corrected chi connectivity index (χ1v) is 19.9. The molecule has 14 heteroatoms. The number of methoxy groups -OCH3 is 3. The van der Waals surface area contributed by atoms with Crippen LogP contribution in [0, 0.1) is 17.8 Å². The van der Waals surface area contributed by atoms with E-state index in [0.717, 1.165) is 0 Å². The number of hydrogen-bond acceptors (Lipinski definition) is 14. The highest BCUT2D eigenvalue weighted by atomic mass is 16.7. The van der Waals surface area contributed by atoms with Gasteiger partial charge in [0.15, 0.2) is 12.6 Å². The van der Waals surface area contributed by atoms with Gasteiger partial charge in [-0.3, -0.25) is 4.79 Å². The van der Waals surface area contributed by atoms with Gasteiger partial charge in [-0.1, -0.05) is 20.8 Å². The van der Waals surface area contributed by atoms with E-state index in [9.17, 15) is 20.1 Å². The number of hydrogen-bond donors (Lipinski definition) is 3. The minimum absolute atomic E-state index is 0.0435. The summed E-state index contributed by atoms with van der Waals surface area (Å²) >= 11 is 0. The minimum atomic E-state index is -1.54. The van der Waals surface area contributed by atoms with Gasteiger partial charge < -0.3 is 63.0 Å². The lowest BCUT2D eigenvalue weighted by atomic mass is 9.77. The molecule has 3 aliphatic rings. The number of carbonyl (C=O) groups is 1. The standard InChI is InChI=1S/C40H76N2O12/c1-17-29-40(10,46)35(47-14)26(6)42(13)21-22(2)19-39(9,49-16)34(54-37-31(43)28(41(11)12)18-23(3)50-37)24(4)32(25(5)36(45)52-29)53-30-20-38(8,48-15)33(44)27(7)51-30/h22-35,37,43-44,46H,17-21H2,1-16H3/t22-,23-,24+,25-,26-,27+,28+,29-,30+,31-,32+,33+,34-,35-,37+,38-,39-,40-/m1/s1. The molecule has 3 saturated heterocycles. The molecule has 0 aromatic rings. The zero-order valence-electron chi connectivity index (χ0n) is 36.1. The third-order valence-electron chi connectivity index (χ3n) is 12.9. The molecule has 3 fully saturated rings. The summed E-state index contributed by atoms with van der Waals surface area (Å²) in [6.45, 7) is 19.5. The molecule has 0 aromatic heterocycles. The third-order valence-corrected chi connectivity index (χ3v) is 12.9. The second-order valence-electron chi connectivity index (χ2n) is 17.5. The third kappa shape index (κ3) is 10.3. The molecule has 318 valence electrons. The second kappa shape index (κ2) is 19.2. The van der Waals surface area contributed by atoms with Crippen molar-refractivity contribution in [2.75, 3.05) is 49.0 Å². The molecule has 0 aromatic carbocycles. The lowest BCUT2D eigenvalue weighted by Gasteiger charge is -2.49. The van der Waals surface area contributed by atoms with Crippen LogP contribution in [0.5, 0.6) is 0 Å². The summed E-state index contributed by atoms with van der Waals surface area (Å²) in [5, 5.41) is 34.8. The van der Waals surface area contributed by atoms with Gasteiger partial charge in [-0.25, -0.2) is 0 Å². The summed E-state index contributed by atoms with van der Waals surface area (Å²) in [5.74, 6) is -2.04. The highest BCUT2D eigenvalue weighted by Crippen LogP contribution is 2.41.